The van der Waals surface area contributed by atoms with Crippen molar-refractivity contribution in [3.8, 4) is 5.75 Å². The molecule has 0 radical (unpaired) electrons. The quantitative estimate of drug-likeness (QED) is 0.222. The molecule has 0 bridgehead atoms. The summed E-state index contributed by atoms with van der Waals surface area (Å²) in [6, 6.07) is 18.4. The van der Waals surface area contributed by atoms with Crippen molar-refractivity contribution in [1.82, 2.24) is 0 Å². The summed E-state index contributed by atoms with van der Waals surface area (Å²) >= 11 is 6.48. The van der Waals surface area contributed by atoms with Gasteiger partial charge in [0.05, 0.1) is 30.9 Å². The highest BCUT2D eigenvalue weighted by atomic mass is 35.5. The summed E-state index contributed by atoms with van der Waals surface area (Å²) in [5.41, 5.74) is 1.39. The van der Waals surface area contributed by atoms with Crippen molar-refractivity contribution < 1.29 is 29.0 Å². The Bertz CT molecular complexity index is 1310. The molecule has 7 nitrogen and oxygen atoms in total. The SMILES string of the molecule is CCOC(=O)c1ccc(N2C(=O)C(=O)/C(=C(/O)c3ccc(OC)cc3)C2c2ccccc2Cl)cc1. The number of rotatable bonds is 6. The van der Waals surface area contributed by atoms with Gasteiger partial charge in [0.1, 0.15) is 11.5 Å². The second-order valence-electron chi connectivity index (χ2n) is 7.69. The first-order valence-corrected chi connectivity index (χ1v) is 11.2. The highest BCUT2D eigenvalue weighted by molar-refractivity contribution is 6.52. The second kappa shape index (κ2) is 10.0. The van der Waals surface area contributed by atoms with Crippen LogP contribution in [0.15, 0.2) is 78.4 Å². The maximum Gasteiger partial charge on any atom is 0.338 e. The van der Waals surface area contributed by atoms with Gasteiger partial charge in [-0.25, -0.2) is 4.79 Å². The molecule has 1 aliphatic heterocycles. The molecule has 3 aromatic rings. The molecule has 1 heterocycles. The molecule has 1 N–H and O–H groups in total. The molecule has 1 atom stereocenters. The number of benzene rings is 3. The van der Waals surface area contributed by atoms with Crippen molar-refractivity contribution in [2.24, 2.45) is 0 Å². The fraction of sp³-hybridized carbons (Fsp3) is 0.148. The number of carbonyl (C=O) groups excluding carboxylic acids is 3. The van der Waals surface area contributed by atoms with E-state index in [1.54, 1.807) is 67.6 Å². The Kier molecular flexibility index (Phi) is 6.89. The molecular weight excluding hydrogens is 470 g/mol. The predicted octanol–water partition coefficient (Wildman–Crippen LogP) is 5.15. The third-order valence-corrected chi connectivity index (χ3v) is 6.01. The van der Waals surface area contributed by atoms with Gasteiger partial charge in [0.15, 0.2) is 0 Å². The van der Waals surface area contributed by atoms with Crippen molar-refractivity contribution in [2.75, 3.05) is 18.6 Å². The molecular formula is C27H22ClNO6. The largest absolute Gasteiger partial charge is 0.507 e. The molecule has 0 saturated carbocycles. The average Bonchev–Trinajstić information content (AvgIpc) is 3.14. The molecule has 4 rings (SSSR count). The molecule has 1 fully saturated rings. The number of aliphatic hydroxyl groups is 1. The number of esters is 1. The second-order valence-corrected chi connectivity index (χ2v) is 8.09. The summed E-state index contributed by atoms with van der Waals surface area (Å²) in [6.07, 6.45) is 0. The predicted molar refractivity (Wildman–Crippen MR) is 132 cm³/mol. The third-order valence-electron chi connectivity index (χ3n) is 5.66. The van der Waals surface area contributed by atoms with Crippen molar-refractivity contribution in [1.29, 1.82) is 0 Å². The van der Waals surface area contributed by atoms with Gasteiger partial charge >= 0.3 is 5.97 Å². The third kappa shape index (κ3) is 4.50. The standard InChI is InChI=1S/C27H22ClNO6/c1-3-35-27(33)17-8-12-18(13-9-17)29-23(20-6-4-5-7-21(20)28)22(25(31)26(29)32)24(30)16-10-14-19(34-2)15-11-16/h4-15,23,30H,3H2,1-2H3/b24-22+. The van der Waals surface area contributed by atoms with Gasteiger partial charge in [-0.15, -0.1) is 0 Å². The summed E-state index contributed by atoms with van der Waals surface area (Å²) < 4.78 is 10.2. The summed E-state index contributed by atoms with van der Waals surface area (Å²) in [7, 11) is 1.52. The Morgan fingerprint density at radius 1 is 0.971 bits per heavy atom. The highest BCUT2D eigenvalue weighted by Crippen LogP contribution is 2.44. The zero-order valence-electron chi connectivity index (χ0n) is 19.0. The van der Waals surface area contributed by atoms with Crippen molar-refractivity contribution in [3.05, 3.63) is 100 Å². The normalized spacial score (nSPS) is 16.9. The van der Waals surface area contributed by atoms with E-state index in [-0.39, 0.29) is 17.9 Å². The van der Waals surface area contributed by atoms with Crippen molar-refractivity contribution in [2.45, 2.75) is 13.0 Å². The lowest BCUT2D eigenvalue weighted by molar-refractivity contribution is -0.132. The minimum absolute atomic E-state index is 0.0947. The van der Waals surface area contributed by atoms with Crippen LogP contribution in [0.25, 0.3) is 5.76 Å². The van der Waals surface area contributed by atoms with Gasteiger partial charge in [0, 0.05) is 16.3 Å². The first kappa shape index (κ1) is 24.0. The number of methoxy groups -OCH3 is 1. The Balaban J connectivity index is 1.86. The smallest absolute Gasteiger partial charge is 0.338 e. The lowest BCUT2D eigenvalue weighted by Crippen LogP contribution is -2.29. The Labute approximate surface area is 207 Å². The monoisotopic (exact) mass is 491 g/mol. The van der Waals surface area contributed by atoms with E-state index in [0.717, 1.165) is 0 Å². The van der Waals surface area contributed by atoms with E-state index in [9.17, 15) is 19.5 Å². The number of amides is 1. The Morgan fingerprint density at radius 3 is 2.20 bits per heavy atom. The van der Waals surface area contributed by atoms with Gasteiger partial charge in [-0.05, 0) is 67.1 Å². The van der Waals surface area contributed by atoms with Crippen LogP contribution in [0.2, 0.25) is 5.02 Å². The van der Waals surface area contributed by atoms with Crippen LogP contribution in [0, 0.1) is 0 Å². The Morgan fingerprint density at radius 2 is 1.60 bits per heavy atom. The van der Waals surface area contributed by atoms with Crippen LogP contribution in [-0.4, -0.2) is 36.5 Å². The molecule has 1 unspecified atom stereocenters. The minimum atomic E-state index is -0.987. The zero-order chi connectivity index (χ0) is 25.1. The summed E-state index contributed by atoms with van der Waals surface area (Å²) in [5.74, 6) is -1.93. The van der Waals surface area contributed by atoms with Gasteiger partial charge in [-0.1, -0.05) is 29.8 Å². The topological polar surface area (TPSA) is 93.1 Å². The van der Waals surface area contributed by atoms with E-state index < -0.39 is 23.7 Å². The lowest BCUT2D eigenvalue weighted by Gasteiger charge is -2.26. The van der Waals surface area contributed by atoms with E-state index in [0.29, 0.717) is 33.1 Å². The maximum atomic E-state index is 13.2. The fourth-order valence-corrected chi connectivity index (χ4v) is 4.21. The number of aliphatic hydroxyl groups excluding tert-OH is 1. The molecule has 0 aliphatic carbocycles. The van der Waals surface area contributed by atoms with Gasteiger partial charge in [0.25, 0.3) is 11.7 Å². The van der Waals surface area contributed by atoms with Crippen LogP contribution in [0.4, 0.5) is 5.69 Å². The summed E-state index contributed by atoms with van der Waals surface area (Å²) in [4.78, 5) is 39.8. The van der Waals surface area contributed by atoms with Crippen LogP contribution in [-0.2, 0) is 14.3 Å². The van der Waals surface area contributed by atoms with Crippen LogP contribution in [0.1, 0.15) is 34.5 Å². The zero-order valence-corrected chi connectivity index (χ0v) is 19.8. The molecule has 8 heteroatoms. The number of ether oxygens (including phenoxy) is 2. The molecule has 3 aromatic carbocycles. The molecule has 1 aliphatic rings. The molecule has 1 amide bonds. The van der Waals surface area contributed by atoms with Gasteiger partial charge in [-0.2, -0.15) is 0 Å². The number of carbonyl (C=O) groups is 3. The van der Waals surface area contributed by atoms with Crippen LogP contribution in [0.3, 0.4) is 0 Å². The summed E-state index contributed by atoms with van der Waals surface area (Å²) in [6.45, 7) is 1.94. The maximum absolute atomic E-state index is 13.2. The first-order chi connectivity index (χ1) is 16.9. The molecule has 0 aromatic heterocycles. The molecule has 35 heavy (non-hydrogen) atoms. The Hall–Kier alpha value is -4.10. The van der Waals surface area contributed by atoms with E-state index in [2.05, 4.69) is 0 Å². The fourth-order valence-electron chi connectivity index (χ4n) is 3.97. The van der Waals surface area contributed by atoms with E-state index in [1.807, 2.05) is 0 Å². The number of ketones is 1. The number of hydrogen-bond acceptors (Lipinski definition) is 6. The van der Waals surface area contributed by atoms with Crippen molar-refractivity contribution >= 4 is 40.7 Å². The molecule has 178 valence electrons. The van der Waals surface area contributed by atoms with Gasteiger partial charge < -0.3 is 14.6 Å². The number of hydrogen-bond donors (Lipinski definition) is 1. The van der Waals surface area contributed by atoms with Gasteiger partial charge in [0.2, 0.25) is 0 Å². The highest BCUT2D eigenvalue weighted by Gasteiger charge is 2.47. The number of halogens is 1. The van der Waals surface area contributed by atoms with E-state index in [4.69, 9.17) is 21.1 Å². The first-order valence-electron chi connectivity index (χ1n) is 10.8. The van der Waals surface area contributed by atoms with Crippen LogP contribution >= 0.6 is 11.6 Å². The van der Waals surface area contributed by atoms with Crippen LogP contribution < -0.4 is 9.64 Å². The minimum Gasteiger partial charge on any atom is -0.507 e. The molecule has 0 spiro atoms. The molecule has 1 saturated heterocycles. The number of nitrogens with zero attached hydrogens (tertiary/aromatic N) is 1. The van der Waals surface area contributed by atoms with Crippen LogP contribution in [0.5, 0.6) is 5.75 Å². The summed E-state index contributed by atoms with van der Waals surface area (Å²) in [5, 5.41) is 11.5. The number of anilines is 1. The number of Topliss-reactive ketones (excluding diaryl/α,β-unsaturated/α-hetero) is 1. The van der Waals surface area contributed by atoms with Gasteiger partial charge in [-0.3, -0.25) is 14.5 Å². The average molecular weight is 492 g/mol. The lowest BCUT2D eigenvalue weighted by atomic mass is 9.95. The van der Waals surface area contributed by atoms with E-state index >= 15 is 0 Å². The van der Waals surface area contributed by atoms with E-state index in [1.165, 1.54) is 24.1 Å². The van der Waals surface area contributed by atoms with Crippen molar-refractivity contribution in [3.63, 3.8) is 0 Å².